The van der Waals surface area contributed by atoms with E-state index in [1.165, 1.54) is 0 Å². The third-order valence-electron chi connectivity index (χ3n) is 3.08. The first-order valence-electron chi connectivity index (χ1n) is 5.94. The van der Waals surface area contributed by atoms with Crippen molar-refractivity contribution in [1.29, 1.82) is 0 Å². The maximum absolute atomic E-state index is 14.0. The maximum atomic E-state index is 14.0. The monoisotopic (exact) mass is 217 g/mol. The smallest absolute Gasteiger partial charge is 0.144 e. The number of nitrogens with one attached hydrogen (secondary N) is 1. The molecule has 0 unspecified atom stereocenters. The minimum Gasteiger partial charge on any atom is -0.370 e. The first-order valence-corrected chi connectivity index (χ1v) is 5.94. The second kappa shape index (κ2) is 5.26. The largest absolute Gasteiger partial charge is 0.370 e. The number of rotatable bonds is 4. The zero-order chi connectivity index (χ0) is 11.6. The summed E-state index contributed by atoms with van der Waals surface area (Å²) in [5.74, 6) is 0.842. The maximum Gasteiger partial charge on any atom is 0.144 e. The van der Waals surface area contributed by atoms with Crippen molar-refractivity contribution in [3.05, 3.63) is 0 Å². The molecule has 0 radical (unpaired) electrons. The number of alkyl halides is 1. The average Bonchev–Trinajstić information content (AvgIpc) is 2.43. The molecule has 0 spiro atoms. The Hall–Kier alpha value is -0.150. The summed E-state index contributed by atoms with van der Waals surface area (Å²) in [4.78, 5) is 0. The lowest BCUT2D eigenvalue weighted by molar-refractivity contribution is -0.00490. The zero-order valence-corrected chi connectivity index (χ0v) is 10.5. The lowest BCUT2D eigenvalue weighted by Crippen LogP contribution is -2.42. The van der Waals surface area contributed by atoms with E-state index < -0.39 is 6.17 Å². The second-order valence-corrected chi connectivity index (χ2v) is 5.27. The summed E-state index contributed by atoms with van der Waals surface area (Å²) in [6.07, 6.45) is -0.281. The molecule has 4 atom stereocenters. The molecule has 0 saturated carbocycles. The molecule has 0 bridgehead atoms. The summed E-state index contributed by atoms with van der Waals surface area (Å²) in [5, 5.41) is 3.05. The van der Waals surface area contributed by atoms with Crippen molar-refractivity contribution >= 4 is 0 Å². The first-order chi connectivity index (χ1) is 6.97. The van der Waals surface area contributed by atoms with E-state index in [4.69, 9.17) is 4.74 Å². The van der Waals surface area contributed by atoms with Gasteiger partial charge in [0, 0.05) is 0 Å². The van der Waals surface area contributed by atoms with Crippen LogP contribution in [-0.2, 0) is 4.74 Å². The van der Waals surface area contributed by atoms with Gasteiger partial charge >= 0.3 is 0 Å². The highest BCUT2D eigenvalue weighted by Crippen LogP contribution is 2.31. The van der Waals surface area contributed by atoms with Gasteiger partial charge in [-0.3, -0.25) is 0 Å². The molecule has 0 aromatic heterocycles. The van der Waals surface area contributed by atoms with Crippen LogP contribution in [0.1, 0.15) is 34.1 Å². The van der Waals surface area contributed by atoms with Gasteiger partial charge in [-0.05, 0) is 25.3 Å². The fourth-order valence-corrected chi connectivity index (χ4v) is 2.32. The molecule has 0 amide bonds. The molecule has 1 N–H and O–H groups in total. The predicted octanol–water partition coefficient (Wildman–Crippen LogP) is 2.38. The van der Waals surface area contributed by atoms with Crippen molar-refractivity contribution in [3.8, 4) is 0 Å². The van der Waals surface area contributed by atoms with Crippen molar-refractivity contribution < 1.29 is 9.13 Å². The molecule has 90 valence electrons. The highest BCUT2D eigenvalue weighted by Gasteiger charge is 2.45. The second-order valence-electron chi connectivity index (χ2n) is 5.27. The van der Waals surface area contributed by atoms with E-state index >= 15 is 0 Å². The van der Waals surface area contributed by atoms with Crippen LogP contribution < -0.4 is 5.32 Å². The number of hydrogen-bond acceptors (Lipinski definition) is 2. The lowest BCUT2D eigenvalue weighted by atomic mass is 9.95. The third kappa shape index (κ3) is 2.91. The summed E-state index contributed by atoms with van der Waals surface area (Å²) in [6, 6.07) is -0.145. The third-order valence-corrected chi connectivity index (χ3v) is 3.08. The van der Waals surface area contributed by atoms with Gasteiger partial charge < -0.3 is 10.1 Å². The van der Waals surface area contributed by atoms with Gasteiger partial charge in [0.2, 0.25) is 0 Å². The van der Waals surface area contributed by atoms with Crippen LogP contribution in [0.2, 0.25) is 0 Å². The van der Waals surface area contributed by atoms with E-state index in [0.717, 1.165) is 6.42 Å². The van der Waals surface area contributed by atoms with Crippen LogP contribution in [0.5, 0.6) is 0 Å². The van der Waals surface area contributed by atoms with Crippen molar-refractivity contribution in [2.75, 3.05) is 7.05 Å². The van der Waals surface area contributed by atoms with E-state index in [0.29, 0.717) is 11.8 Å². The molecule has 0 aliphatic carbocycles. The molecule has 3 heteroatoms. The van der Waals surface area contributed by atoms with Gasteiger partial charge in [-0.15, -0.1) is 0 Å². The standard InChI is InChI=1S/C12H24FNO/c1-7(2)6-9-10(13)11(14-5)12(15-9)8(3)4/h7-12,14H,6H2,1-5H3/t9-,10-,11-,12+/m1/s1. The quantitative estimate of drug-likeness (QED) is 0.780. The van der Waals surface area contributed by atoms with E-state index in [1.807, 2.05) is 7.05 Å². The minimum atomic E-state index is -0.871. The van der Waals surface area contributed by atoms with E-state index in [1.54, 1.807) is 0 Å². The predicted molar refractivity (Wildman–Crippen MR) is 60.7 cm³/mol. The Morgan fingerprint density at radius 3 is 2.20 bits per heavy atom. The van der Waals surface area contributed by atoms with Gasteiger partial charge in [0.1, 0.15) is 6.17 Å². The molecular formula is C12H24FNO. The zero-order valence-electron chi connectivity index (χ0n) is 10.5. The SMILES string of the molecule is CN[C@@H]1[C@H](F)[C@@H](CC(C)C)O[C@H]1C(C)C. The first kappa shape index (κ1) is 12.9. The molecule has 1 aliphatic heterocycles. The highest BCUT2D eigenvalue weighted by atomic mass is 19.1. The van der Waals surface area contributed by atoms with E-state index in [9.17, 15) is 4.39 Å². The van der Waals surface area contributed by atoms with Crippen LogP contribution >= 0.6 is 0 Å². The fraction of sp³-hybridized carbons (Fsp3) is 1.00. The molecule has 1 rings (SSSR count). The van der Waals surface area contributed by atoms with Crippen molar-refractivity contribution in [2.45, 2.75) is 58.5 Å². The molecule has 1 heterocycles. The Morgan fingerprint density at radius 2 is 1.87 bits per heavy atom. The van der Waals surface area contributed by atoms with E-state index in [-0.39, 0.29) is 18.2 Å². The van der Waals surface area contributed by atoms with Gasteiger partial charge in [0.15, 0.2) is 0 Å². The Bertz CT molecular complexity index is 196. The number of hydrogen-bond donors (Lipinski definition) is 1. The highest BCUT2D eigenvalue weighted by molar-refractivity contribution is 4.96. The average molecular weight is 217 g/mol. The number of halogens is 1. The number of ether oxygens (including phenoxy) is 1. The van der Waals surface area contributed by atoms with Crippen molar-refractivity contribution in [2.24, 2.45) is 11.8 Å². The van der Waals surface area contributed by atoms with Crippen LogP contribution in [0.15, 0.2) is 0 Å². The molecule has 0 aromatic rings. The van der Waals surface area contributed by atoms with Gasteiger partial charge in [-0.2, -0.15) is 0 Å². The summed E-state index contributed by atoms with van der Waals surface area (Å²) < 4.78 is 19.8. The molecule has 2 nitrogen and oxygen atoms in total. The van der Waals surface area contributed by atoms with Gasteiger partial charge in [-0.25, -0.2) is 4.39 Å². The van der Waals surface area contributed by atoms with Crippen LogP contribution in [-0.4, -0.2) is 31.5 Å². The van der Waals surface area contributed by atoms with Gasteiger partial charge in [-0.1, -0.05) is 27.7 Å². The molecule has 0 aromatic carbocycles. The Labute approximate surface area is 92.6 Å². The molecule has 1 saturated heterocycles. The van der Waals surface area contributed by atoms with Crippen LogP contribution in [0.25, 0.3) is 0 Å². The lowest BCUT2D eigenvalue weighted by Gasteiger charge is -2.21. The molecule has 1 aliphatic rings. The van der Waals surface area contributed by atoms with E-state index in [2.05, 4.69) is 33.0 Å². The fourth-order valence-electron chi connectivity index (χ4n) is 2.32. The minimum absolute atomic E-state index is 0.00810. The summed E-state index contributed by atoms with van der Waals surface area (Å²) >= 11 is 0. The van der Waals surface area contributed by atoms with Crippen molar-refractivity contribution in [3.63, 3.8) is 0 Å². The van der Waals surface area contributed by atoms with Crippen LogP contribution in [0, 0.1) is 11.8 Å². The van der Waals surface area contributed by atoms with Gasteiger partial charge in [0.05, 0.1) is 18.2 Å². The molecule has 15 heavy (non-hydrogen) atoms. The van der Waals surface area contributed by atoms with Crippen molar-refractivity contribution in [1.82, 2.24) is 5.32 Å². The summed E-state index contributed by atoms with van der Waals surface area (Å²) in [7, 11) is 1.81. The normalized spacial score (nSPS) is 36.8. The summed E-state index contributed by atoms with van der Waals surface area (Å²) in [5.41, 5.74) is 0. The van der Waals surface area contributed by atoms with Crippen LogP contribution in [0.4, 0.5) is 4.39 Å². The topological polar surface area (TPSA) is 21.3 Å². The Balaban J connectivity index is 2.64. The Kier molecular flexibility index (Phi) is 4.53. The number of likely N-dealkylation sites (N-methyl/N-ethyl adjacent to an activating group) is 1. The summed E-state index contributed by atoms with van der Waals surface area (Å²) in [6.45, 7) is 8.37. The van der Waals surface area contributed by atoms with Gasteiger partial charge in [0.25, 0.3) is 0 Å². The molecule has 1 fully saturated rings. The van der Waals surface area contributed by atoms with Crippen LogP contribution in [0.3, 0.4) is 0 Å². The Morgan fingerprint density at radius 1 is 1.27 bits per heavy atom. The molecular weight excluding hydrogens is 193 g/mol.